The van der Waals surface area contributed by atoms with Crippen molar-refractivity contribution in [1.29, 1.82) is 0 Å². The van der Waals surface area contributed by atoms with Crippen molar-refractivity contribution in [2.45, 2.75) is 71.7 Å². The summed E-state index contributed by atoms with van der Waals surface area (Å²) >= 11 is 0. The first-order valence-electron chi connectivity index (χ1n) is 10.6. The second-order valence-electron chi connectivity index (χ2n) is 9.84. The number of furan rings is 1. The number of aliphatic hydroxyl groups is 1. The Bertz CT molecular complexity index is 974. The zero-order valence-electron chi connectivity index (χ0n) is 18.4. The SMILES string of the molecule is CC(=O)O[C@@H]1[C@H]2C(=O)c3ccoc3C[C@H]2[C@@]2(C)C(=O)CCC(C)(C)[C@]2(O)[C@H]1OC(C)=O. The third kappa shape index (κ3) is 2.70. The van der Waals surface area contributed by atoms with Crippen LogP contribution >= 0.6 is 0 Å². The molecule has 0 aromatic carbocycles. The van der Waals surface area contributed by atoms with Gasteiger partial charge in [-0.3, -0.25) is 19.2 Å². The van der Waals surface area contributed by atoms with Gasteiger partial charge < -0.3 is 19.0 Å². The van der Waals surface area contributed by atoms with E-state index in [1.807, 2.05) is 13.8 Å². The molecule has 4 rings (SSSR count). The Labute approximate surface area is 180 Å². The highest BCUT2D eigenvalue weighted by Gasteiger charge is 2.77. The number of carbonyl (C=O) groups excluding carboxylic acids is 4. The Morgan fingerprint density at radius 1 is 1.13 bits per heavy atom. The van der Waals surface area contributed by atoms with Crippen molar-refractivity contribution in [2.24, 2.45) is 22.7 Å². The summed E-state index contributed by atoms with van der Waals surface area (Å²) in [5.41, 5.74) is -3.80. The van der Waals surface area contributed by atoms with Crippen molar-refractivity contribution < 1.29 is 38.2 Å². The van der Waals surface area contributed by atoms with E-state index in [1.54, 1.807) is 13.0 Å². The first-order chi connectivity index (χ1) is 14.4. The number of ketones is 2. The van der Waals surface area contributed by atoms with E-state index in [4.69, 9.17) is 13.9 Å². The summed E-state index contributed by atoms with van der Waals surface area (Å²) in [6.45, 7) is 7.65. The van der Waals surface area contributed by atoms with Crippen LogP contribution in [-0.4, -0.2) is 46.4 Å². The molecule has 31 heavy (non-hydrogen) atoms. The standard InChI is InChI=1S/C23H28O8/c1-11(24)30-19-17-14(10-15-13(18(17)27)7-9-29-15)22(5)16(26)6-8-21(3,4)23(22,28)20(19)31-12(2)25/h7,9,14,17,19-20,28H,6,8,10H2,1-5H3/t14-,17-,19-,20+,22+,23-/m1/s1. The lowest BCUT2D eigenvalue weighted by Gasteiger charge is -2.66. The smallest absolute Gasteiger partial charge is 0.303 e. The largest absolute Gasteiger partial charge is 0.469 e. The first-order valence-corrected chi connectivity index (χ1v) is 10.6. The minimum Gasteiger partial charge on any atom is -0.469 e. The molecule has 6 atom stereocenters. The fourth-order valence-electron chi connectivity index (χ4n) is 6.39. The van der Waals surface area contributed by atoms with E-state index in [9.17, 15) is 24.3 Å². The molecule has 1 heterocycles. The molecular formula is C23H28O8. The summed E-state index contributed by atoms with van der Waals surface area (Å²) in [4.78, 5) is 51.2. The van der Waals surface area contributed by atoms with Gasteiger partial charge in [-0.25, -0.2) is 0 Å². The normalized spacial score (nSPS) is 38.5. The molecule has 1 aromatic heterocycles. The van der Waals surface area contributed by atoms with Crippen LogP contribution in [-0.2, 0) is 30.3 Å². The van der Waals surface area contributed by atoms with Gasteiger partial charge >= 0.3 is 11.9 Å². The predicted molar refractivity (Wildman–Crippen MR) is 106 cm³/mol. The molecule has 0 bridgehead atoms. The van der Waals surface area contributed by atoms with Gasteiger partial charge in [-0.05, 0) is 30.7 Å². The number of esters is 2. The quantitative estimate of drug-likeness (QED) is 0.707. The van der Waals surface area contributed by atoms with Crippen molar-refractivity contribution in [3.8, 4) is 0 Å². The van der Waals surface area contributed by atoms with E-state index in [0.29, 0.717) is 17.7 Å². The highest BCUT2D eigenvalue weighted by molar-refractivity contribution is 6.02. The minimum atomic E-state index is -1.87. The molecule has 8 nitrogen and oxygen atoms in total. The zero-order chi connectivity index (χ0) is 22.9. The molecule has 0 spiro atoms. The molecule has 2 fully saturated rings. The number of carbonyl (C=O) groups is 4. The highest BCUT2D eigenvalue weighted by Crippen LogP contribution is 2.65. The van der Waals surface area contributed by atoms with Crippen LogP contribution in [0.1, 0.15) is 63.6 Å². The Morgan fingerprint density at radius 3 is 2.39 bits per heavy atom. The van der Waals surface area contributed by atoms with Gasteiger partial charge in [0.25, 0.3) is 0 Å². The number of hydrogen-bond acceptors (Lipinski definition) is 8. The fraction of sp³-hybridized carbons (Fsp3) is 0.652. The molecule has 0 radical (unpaired) electrons. The van der Waals surface area contributed by atoms with Crippen molar-refractivity contribution in [3.63, 3.8) is 0 Å². The second kappa shape index (κ2) is 6.76. The fourth-order valence-corrected chi connectivity index (χ4v) is 6.39. The van der Waals surface area contributed by atoms with Crippen LogP contribution in [0.25, 0.3) is 0 Å². The monoisotopic (exact) mass is 432 g/mol. The van der Waals surface area contributed by atoms with Crippen molar-refractivity contribution >= 4 is 23.5 Å². The maximum Gasteiger partial charge on any atom is 0.303 e. The maximum atomic E-state index is 13.5. The average molecular weight is 432 g/mol. The number of Topliss-reactive ketones (excluding diaryl/α,β-unsaturated/α-hetero) is 2. The molecule has 0 aliphatic heterocycles. The Balaban J connectivity index is 2.01. The summed E-state index contributed by atoms with van der Waals surface area (Å²) < 4.78 is 16.7. The van der Waals surface area contributed by atoms with Gasteiger partial charge in [0.2, 0.25) is 0 Å². The van der Waals surface area contributed by atoms with E-state index in [0.717, 1.165) is 0 Å². The Morgan fingerprint density at radius 2 is 1.77 bits per heavy atom. The molecule has 1 aromatic rings. The van der Waals surface area contributed by atoms with Gasteiger partial charge in [0.05, 0.1) is 23.2 Å². The maximum absolute atomic E-state index is 13.5. The summed E-state index contributed by atoms with van der Waals surface area (Å²) in [5.74, 6) is -3.11. The second-order valence-corrected chi connectivity index (χ2v) is 9.84. The molecule has 3 aliphatic carbocycles. The Kier molecular flexibility index (Phi) is 4.74. The summed E-state index contributed by atoms with van der Waals surface area (Å²) in [6.07, 6.45) is -0.393. The van der Waals surface area contributed by atoms with E-state index in [-0.39, 0.29) is 24.4 Å². The lowest BCUT2D eigenvalue weighted by Crippen LogP contribution is -2.79. The summed E-state index contributed by atoms with van der Waals surface area (Å²) in [6, 6.07) is 1.55. The first kappa shape index (κ1) is 21.7. The minimum absolute atomic E-state index is 0.203. The molecule has 2 saturated carbocycles. The molecule has 0 unspecified atom stereocenters. The van der Waals surface area contributed by atoms with Crippen LogP contribution in [0.3, 0.4) is 0 Å². The lowest BCUT2D eigenvalue weighted by atomic mass is 9.40. The molecule has 0 saturated heterocycles. The molecule has 0 amide bonds. The third-order valence-corrected chi connectivity index (χ3v) is 7.93. The predicted octanol–water partition coefficient (Wildman–Crippen LogP) is 2.25. The summed E-state index contributed by atoms with van der Waals surface area (Å²) in [7, 11) is 0. The molecular weight excluding hydrogens is 404 g/mol. The van der Waals surface area contributed by atoms with Crippen LogP contribution in [0.5, 0.6) is 0 Å². The van der Waals surface area contributed by atoms with Crippen molar-refractivity contribution in [1.82, 2.24) is 0 Å². The third-order valence-electron chi connectivity index (χ3n) is 7.93. The van der Waals surface area contributed by atoms with Crippen molar-refractivity contribution in [2.75, 3.05) is 0 Å². The topological polar surface area (TPSA) is 120 Å². The van der Waals surface area contributed by atoms with E-state index < -0.39 is 52.4 Å². The molecule has 3 aliphatic rings. The lowest BCUT2D eigenvalue weighted by molar-refractivity contribution is -0.296. The number of ether oxygens (including phenoxy) is 2. The molecule has 168 valence electrons. The van der Waals surface area contributed by atoms with Gasteiger partial charge in [0, 0.05) is 26.7 Å². The van der Waals surface area contributed by atoms with Crippen LogP contribution in [0.4, 0.5) is 0 Å². The van der Waals surface area contributed by atoms with Crippen LogP contribution in [0.15, 0.2) is 16.7 Å². The number of fused-ring (bicyclic) bond motifs is 4. The highest BCUT2D eigenvalue weighted by atomic mass is 16.6. The van der Waals surface area contributed by atoms with E-state index in [2.05, 4.69) is 0 Å². The number of hydrogen-bond donors (Lipinski definition) is 1. The van der Waals surface area contributed by atoms with Crippen molar-refractivity contribution in [3.05, 3.63) is 23.7 Å². The van der Waals surface area contributed by atoms with Gasteiger partial charge in [0.1, 0.15) is 17.1 Å². The zero-order valence-corrected chi connectivity index (χ0v) is 18.4. The van der Waals surface area contributed by atoms with Crippen LogP contribution in [0, 0.1) is 22.7 Å². The average Bonchev–Trinajstić information content (AvgIpc) is 3.14. The van der Waals surface area contributed by atoms with Gasteiger partial charge in [-0.15, -0.1) is 0 Å². The van der Waals surface area contributed by atoms with Gasteiger partial charge in [0.15, 0.2) is 18.0 Å². The van der Waals surface area contributed by atoms with Gasteiger partial charge in [-0.1, -0.05) is 13.8 Å². The number of rotatable bonds is 2. The summed E-state index contributed by atoms with van der Waals surface area (Å²) in [5, 5.41) is 12.3. The van der Waals surface area contributed by atoms with Crippen LogP contribution in [0.2, 0.25) is 0 Å². The van der Waals surface area contributed by atoms with Crippen LogP contribution < -0.4 is 0 Å². The Hall–Kier alpha value is -2.48. The van der Waals surface area contributed by atoms with Gasteiger partial charge in [-0.2, -0.15) is 0 Å². The molecule has 8 heteroatoms. The molecule has 1 N–H and O–H groups in total. The van der Waals surface area contributed by atoms with E-state index in [1.165, 1.54) is 20.1 Å². The van der Waals surface area contributed by atoms with E-state index >= 15 is 0 Å².